The van der Waals surface area contributed by atoms with Crippen LogP contribution in [0.3, 0.4) is 0 Å². The van der Waals surface area contributed by atoms with E-state index in [4.69, 9.17) is 4.74 Å². The second-order valence-electron chi connectivity index (χ2n) is 4.39. The summed E-state index contributed by atoms with van der Waals surface area (Å²) in [5, 5.41) is 0. The Morgan fingerprint density at radius 2 is 2.00 bits per heavy atom. The van der Waals surface area contributed by atoms with E-state index in [0.29, 0.717) is 5.56 Å². The lowest BCUT2D eigenvalue weighted by molar-refractivity contribution is -0.0512. The molecule has 1 heterocycles. The van der Waals surface area contributed by atoms with Crippen LogP contribution >= 0.6 is 11.3 Å². The van der Waals surface area contributed by atoms with E-state index in [1.54, 1.807) is 17.4 Å². The Labute approximate surface area is 130 Å². The first kappa shape index (κ1) is 16.2. The second kappa shape index (κ2) is 7.17. The maximum absolute atomic E-state index is 12.3. The van der Waals surface area contributed by atoms with Crippen molar-refractivity contribution in [3.05, 3.63) is 51.7 Å². The summed E-state index contributed by atoms with van der Waals surface area (Å²) in [6.07, 6.45) is 3.16. The van der Waals surface area contributed by atoms with Gasteiger partial charge in [-0.1, -0.05) is 0 Å². The minimum Gasteiger partial charge on any atom is -0.493 e. The van der Waals surface area contributed by atoms with Crippen molar-refractivity contribution >= 4 is 23.2 Å². The van der Waals surface area contributed by atoms with E-state index in [0.717, 1.165) is 9.75 Å². The van der Waals surface area contributed by atoms with E-state index < -0.39 is 6.61 Å². The monoisotopic (exact) mass is 324 g/mol. The minimum atomic E-state index is -2.95. The first-order valence-corrected chi connectivity index (χ1v) is 7.23. The summed E-state index contributed by atoms with van der Waals surface area (Å²) in [6.45, 7) is -0.964. The maximum atomic E-state index is 12.3. The molecular weight excluding hydrogens is 310 g/mol. The van der Waals surface area contributed by atoms with Crippen molar-refractivity contribution in [3.63, 3.8) is 0 Å². The van der Waals surface area contributed by atoms with Gasteiger partial charge in [-0.15, -0.1) is 11.3 Å². The Bertz CT molecular complexity index is 692. The van der Waals surface area contributed by atoms with Crippen LogP contribution in [0.1, 0.15) is 20.1 Å². The highest BCUT2D eigenvalue weighted by Gasteiger charge is 2.13. The molecule has 0 aliphatic heterocycles. The van der Waals surface area contributed by atoms with Gasteiger partial charge in [-0.25, -0.2) is 0 Å². The van der Waals surface area contributed by atoms with Gasteiger partial charge < -0.3 is 9.47 Å². The number of hydrogen-bond donors (Lipinski definition) is 0. The first-order chi connectivity index (χ1) is 10.5. The summed E-state index contributed by atoms with van der Waals surface area (Å²) in [6, 6.07) is 7.98. The van der Waals surface area contributed by atoms with Gasteiger partial charge in [0.25, 0.3) is 0 Å². The molecule has 22 heavy (non-hydrogen) atoms. The topological polar surface area (TPSA) is 35.5 Å². The fourth-order valence-corrected chi connectivity index (χ4v) is 2.59. The van der Waals surface area contributed by atoms with Crippen LogP contribution in [-0.2, 0) is 0 Å². The summed E-state index contributed by atoms with van der Waals surface area (Å²) in [5.74, 6) is -0.258. The van der Waals surface area contributed by atoms with E-state index in [2.05, 4.69) is 4.74 Å². The number of hydrogen-bond acceptors (Lipinski definition) is 4. The predicted molar refractivity (Wildman–Crippen MR) is 82.0 cm³/mol. The normalized spacial score (nSPS) is 11.1. The van der Waals surface area contributed by atoms with Crippen molar-refractivity contribution in [1.29, 1.82) is 0 Å². The molecular formula is C16H14F2O3S. The number of methoxy groups -OCH3 is 1. The van der Waals surface area contributed by atoms with Gasteiger partial charge in [-0.3, -0.25) is 4.79 Å². The van der Waals surface area contributed by atoms with Gasteiger partial charge in [0.1, 0.15) is 0 Å². The molecule has 116 valence electrons. The van der Waals surface area contributed by atoms with Gasteiger partial charge in [-0.2, -0.15) is 8.78 Å². The zero-order chi connectivity index (χ0) is 16.1. The summed E-state index contributed by atoms with van der Waals surface area (Å²) >= 11 is 1.57. The molecule has 1 aromatic heterocycles. The molecule has 0 fully saturated rings. The van der Waals surface area contributed by atoms with Crippen molar-refractivity contribution in [2.24, 2.45) is 0 Å². The van der Waals surface area contributed by atoms with E-state index in [9.17, 15) is 13.6 Å². The van der Waals surface area contributed by atoms with Crippen molar-refractivity contribution in [1.82, 2.24) is 0 Å². The smallest absolute Gasteiger partial charge is 0.387 e. The molecule has 0 aliphatic carbocycles. The number of halogens is 2. The Kier molecular flexibility index (Phi) is 5.27. The summed E-state index contributed by atoms with van der Waals surface area (Å²) in [4.78, 5) is 14.2. The van der Waals surface area contributed by atoms with Crippen molar-refractivity contribution in [2.45, 2.75) is 13.5 Å². The Balaban J connectivity index is 2.17. The number of aryl methyl sites for hydroxylation is 1. The van der Waals surface area contributed by atoms with Gasteiger partial charge in [0, 0.05) is 15.3 Å². The van der Waals surface area contributed by atoms with Gasteiger partial charge in [0.05, 0.1) is 7.11 Å². The van der Waals surface area contributed by atoms with Crippen LogP contribution in [0.25, 0.3) is 6.08 Å². The van der Waals surface area contributed by atoms with Crippen LogP contribution in [0.5, 0.6) is 11.5 Å². The Morgan fingerprint density at radius 1 is 1.23 bits per heavy atom. The minimum absolute atomic E-state index is 0.0894. The molecule has 3 nitrogen and oxygen atoms in total. The van der Waals surface area contributed by atoms with E-state index in [1.165, 1.54) is 31.4 Å². The quantitative estimate of drug-likeness (QED) is 0.577. The molecule has 0 atom stereocenters. The van der Waals surface area contributed by atoms with Crippen molar-refractivity contribution < 1.29 is 23.0 Å². The molecule has 2 aromatic rings. The van der Waals surface area contributed by atoms with E-state index >= 15 is 0 Å². The number of alkyl halides is 2. The van der Waals surface area contributed by atoms with Gasteiger partial charge >= 0.3 is 6.61 Å². The number of thiophene rings is 1. The predicted octanol–water partition coefficient (Wildman–Crippen LogP) is 4.56. The molecule has 1 aromatic carbocycles. The lowest BCUT2D eigenvalue weighted by atomic mass is 10.1. The molecule has 0 bridgehead atoms. The number of ether oxygens (including phenoxy) is 2. The van der Waals surface area contributed by atoms with E-state index in [1.807, 2.05) is 19.1 Å². The standard InChI is InChI=1S/C16H14F2O3S/c1-10-3-5-12(22-10)6-7-13(19)11-4-8-14(21-16(17)18)15(9-11)20-2/h3-9,16H,1-2H3. The maximum Gasteiger partial charge on any atom is 0.387 e. The van der Waals surface area contributed by atoms with Crippen molar-refractivity contribution in [3.8, 4) is 11.5 Å². The number of carbonyl (C=O) groups excluding carboxylic acids is 1. The number of benzene rings is 1. The fourth-order valence-electron chi connectivity index (χ4n) is 1.81. The summed E-state index contributed by atoms with van der Waals surface area (Å²) in [7, 11) is 1.33. The molecule has 0 N–H and O–H groups in total. The Morgan fingerprint density at radius 3 is 2.59 bits per heavy atom. The fraction of sp³-hybridized carbons (Fsp3) is 0.188. The highest BCUT2D eigenvalue weighted by atomic mass is 32.1. The van der Waals surface area contributed by atoms with Crippen molar-refractivity contribution in [2.75, 3.05) is 7.11 Å². The average molecular weight is 324 g/mol. The van der Waals surface area contributed by atoms with Gasteiger partial charge in [0.15, 0.2) is 17.3 Å². The molecule has 6 heteroatoms. The number of rotatable bonds is 6. The molecule has 0 saturated heterocycles. The molecule has 0 amide bonds. The zero-order valence-electron chi connectivity index (χ0n) is 12.0. The molecule has 2 rings (SSSR count). The first-order valence-electron chi connectivity index (χ1n) is 6.41. The average Bonchev–Trinajstić information content (AvgIpc) is 2.90. The highest BCUT2D eigenvalue weighted by Crippen LogP contribution is 2.29. The van der Waals surface area contributed by atoms with Crippen LogP contribution in [0.15, 0.2) is 36.4 Å². The molecule has 0 aliphatic rings. The number of carbonyl (C=O) groups is 1. The lowest BCUT2D eigenvalue weighted by Gasteiger charge is -2.10. The largest absolute Gasteiger partial charge is 0.493 e. The van der Waals surface area contributed by atoms with Gasteiger partial charge in [-0.05, 0) is 49.4 Å². The molecule has 0 saturated carbocycles. The van der Waals surface area contributed by atoms with E-state index in [-0.39, 0.29) is 17.3 Å². The number of allylic oxidation sites excluding steroid dienone is 1. The van der Waals surface area contributed by atoms with Crippen LogP contribution < -0.4 is 9.47 Å². The third kappa shape index (κ3) is 4.14. The van der Waals surface area contributed by atoms with Gasteiger partial charge in [0.2, 0.25) is 0 Å². The third-order valence-electron chi connectivity index (χ3n) is 2.82. The van der Waals surface area contributed by atoms with Crippen LogP contribution in [0, 0.1) is 6.92 Å². The van der Waals surface area contributed by atoms with Crippen LogP contribution in [-0.4, -0.2) is 19.5 Å². The molecule has 0 unspecified atom stereocenters. The SMILES string of the molecule is COc1cc(C(=O)C=Cc2ccc(C)s2)ccc1OC(F)F. The highest BCUT2D eigenvalue weighted by molar-refractivity contribution is 7.12. The second-order valence-corrected chi connectivity index (χ2v) is 5.71. The summed E-state index contributed by atoms with van der Waals surface area (Å²) in [5.41, 5.74) is 0.336. The zero-order valence-corrected chi connectivity index (χ0v) is 12.8. The molecule has 0 radical (unpaired) electrons. The number of ketones is 1. The molecule has 0 spiro atoms. The lowest BCUT2D eigenvalue weighted by Crippen LogP contribution is -2.04. The van der Waals surface area contributed by atoms with Crippen LogP contribution in [0.4, 0.5) is 8.78 Å². The summed E-state index contributed by atoms with van der Waals surface area (Å²) < 4.78 is 33.8. The third-order valence-corrected chi connectivity index (χ3v) is 3.79. The van der Waals surface area contributed by atoms with Crippen LogP contribution in [0.2, 0.25) is 0 Å². The Hall–Kier alpha value is -2.21.